The molecule has 0 saturated heterocycles. The van der Waals surface area contributed by atoms with E-state index in [1.165, 1.54) is 0 Å². The fraction of sp³-hybridized carbons (Fsp3) is 0.0526. The van der Waals surface area contributed by atoms with Crippen LogP contribution in [0, 0.1) is 0 Å². The van der Waals surface area contributed by atoms with Crippen molar-refractivity contribution in [1.82, 2.24) is 0 Å². The summed E-state index contributed by atoms with van der Waals surface area (Å²) in [4.78, 5) is 24.0. The minimum absolute atomic E-state index is 0. The third-order valence-electron chi connectivity index (χ3n) is 4.03. The molecule has 0 fully saturated rings. The quantitative estimate of drug-likeness (QED) is 0.572. The van der Waals surface area contributed by atoms with Crippen LogP contribution in [0.25, 0.3) is 10.8 Å². The molecular formula is C19H12NiO4. The molecule has 3 aromatic carbocycles. The van der Waals surface area contributed by atoms with Crippen LogP contribution in [0.4, 0.5) is 0 Å². The van der Waals surface area contributed by atoms with Crippen molar-refractivity contribution in [2.45, 2.75) is 6.61 Å². The minimum atomic E-state index is -0.463. The first kappa shape index (κ1) is 16.4. The zero-order valence-electron chi connectivity index (χ0n) is 12.4. The number of aliphatic hydroxyl groups excluding tert-OH is 1. The van der Waals surface area contributed by atoms with Gasteiger partial charge >= 0.3 is 0 Å². The summed E-state index contributed by atoms with van der Waals surface area (Å²) < 4.78 is 5.90. The third-order valence-corrected chi connectivity index (χ3v) is 4.03. The van der Waals surface area contributed by atoms with E-state index in [1.807, 2.05) is 6.07 Å². The summed E-state index contributed by atoms with van der Waals surface area (Å²) in [6.45, 7) is -0.0223. The number of ether oxygens (including phenoxy) is 1. The molecule has 0 aliphatic heterocycles. The predicted octanol–water partition coefficient (Wildman–Crippen LogP) is 3.50. The van der Waals surface area contributed by atoms with E-state index in [9.17, 15) is 9.59 Å². The maximum Gasteiger partial charge on any atom is 0.234 e. The number of rotatable bonds is 3. The molecule has 1 N–H and O–H groups in total. The van der Waals surface area contributed by atoms with E-state index in [0.29, 0.717) is 28.0 Å². The molecule has 0 saturated carbocycles. The van der Waals surface area contributed by atoms with E-state index in [1.54, 1.807) is 48.5 Å². The molecule has 0 amide bonds. The summed E-state index contributed by atoms with van der Waals surface area (Å²) in [5.74, 6) is 0.286. The Bertz CT molecular complexity index is 941. The van der Waals surface area contributed by atoms with Crippen molar-refractivity contribution in [2.24, 2.45) is 0 Å². The largest absolute Gasteiger partial charge is 0.457 e. The molecule has 0 bridgehead atoms. The second kappa shape index (κ2) is 6.19. The van der Waals surface area contributed by atoms with E-state index in [-0.39, 0.29) is 23.1 Å². The topological polar surface area (TPSA) is 63.6 Å². The van der Waals surface area contributed by atoms with Gasteiger partial charge in [0.1, 0.15) is 11.5 Å². The molecule has 1 aliphatic carbocycles. The summed E-state index contributed by atoms with van der Waals surface area (Å²) in [6.07, 6.45) is 0. The zero-order chi connectivity index (χ0) is 16.0. The van der Waals surface area contributed by atoms with Gasteiger partial charge in [0, 0.05) is 38.4 Å². The maximum atomic E-state index is 12.0. The molecule has 122 valence electrons. The van der Waals surface area contributed by atoms with Crippen molar-refractivity contribution < 1.29 is 35.9 Å². The first-order valence-electron chi connectivity index (χ1n) is 7.21. The van der Waals surface area contributed by atoms with Gasteiger partial charge in [-0.1, -0.05) is 30.3 Å². The molecule has 4 rings (SSSR count). The molecular weight excluding hydrogens is 351 g/mol. The van der Waals surface area contributed by atoms with Gasteiger partial charge in [-0.25, -0.2) is 0 Å². The fourth-order valence-corrected chi connectivity index (χ4v) is 2.88. The van der Waals surface area contributed by atoms with Crippen molar-refractivity contribution >= 4 is 22.3 Å². The third kappa shape index (κ3) is 2.43. The van der Waals surface area contributed by atoms with Crippen LogP contribution < -0.4 is 4.74 Å². The summed E-state index contributed by atoms with van der Waals surface area (Å²) in [5.41, 5.74) is 1.67. The molecule has 24 heavy (non-hydrogen) atoms. The molecule has 0 radical (unpaired) electrons. The normalized spacial score (nSPS) is 12.4. The molecule has 1 aliphatic rings. The van der Waals surface area contributed by atoms with Crippen molar-refractivity contribution in [3.05, 3.63) is 71.3 Å². The van der Waals surface area contributed by atoms with Gasteiger partial charge in [-0.2, -0.15) is 0 Å². The number of hydrogen-bond acceptors (Lipinski definition) is 4. The number of Topliss-reactive ketones (excluding diaryl/α,β-unsaturated/α-hetero) is 2. The molecule has 0 spiro atoms. The van der Waals surface area contributed by atoms with E-state index in [0.717, 1.165) is 10.9 Å². The fourth-order valence-electron chi connectivity index (χ4n) is 2.88. The van der Waals surface area contributed by atoms with Gasteiger partial charge in [-0.05, 0) is 29.8 Å². The van der Waals surface area contributed by atoms with Crippen LogP contribution in [0.15, 0.2) is 54.6 Å². The zero-order valence-corrected chi connectivity index (χ0v) is 13.4. The SMILES string of the molecule is O=C1C(=O)c2ccc(Oc3ccc(CO)cc3)c3cccc1c23.[Ni]. The predicted molar refractivity (Wildman–Crippen MR) is 85.0 cm³/mol. The molecule has 0 aromatic heterocycles. The van der Waals surface area contributed by atoms with Gasteiger partial charge in [0.05, 0.1) is 6.61 Å². The molecule has 4 nitrogen and oxygen atoms in total. The van der Waals surface area contributed by atoms with Crippen molar-refractivity contribution in [3.8, 4) is 11.5 Å². The molecule has 0 heterocycles. The molecule has 3 aromatic rings. The molecule has 5 heteroatoms. The number of ketones is 2. The number of carbonyl (C=O) groups is 2. The summed E-state index contributed by atoms with van der Waals surface area (Å²) in [6, 6.07) is 15.7. The van der Waals surface area contributed by atoms with Crippen molar-refractivity contribution in [2.75, 3.05) is 0 Å². The van der Waals surface area contributed by atoms with Gasteiger partial charge in [0.15, 0.2) is 0 Å². The van der Waals surface area contributed by atoms with Crippen LogP contribution in [0.5, 0.6) is 11.5 Å². The Labute approximate surface area is 148 Å². The summed E-state index contributed by atoms with van der Waals surface area (Å²) in [7, 11) is 0. The van der Waals surface area contributed by atoms with Gasteiger partial charge in [-0.3, -0.25) is 9.59 Å². The van der Waals surface area contributed by atoms with E-state index < -0.39 is 11.6 Å². The Morgan fingerprint density at radius 2 is 1.50 bits per heavy atom. The van der Waals surface area contributed by atoms with E-state index in [4.69, 9.17) is 9.84 Å². The maximum absolute atomic E-state index is 12.0. The summed E-state index contributed by atoms with van der Waals surface area (Å²) in [5, 5.41) is 10.5. The van der Waals surface area contributed by atoms with Crippen LogP contribution in [-0.2, 0) is 23.1 Å². The number of carbonyl (C=O) groups excluding carboxylic acids is 2. The van der Waals surface area contributed by atoms with Gasteiger partial charge in [0.25, 0.3) is 0 Å². The van der Waals surface area contributed by atoms with E-state index in [2.05, 4.69) is 0 Å². The summed E-state index contributed by atoms with van der Waals surface area (Å²) >= 11 is 0. The van der Waals surface area contributed by atoms with E-state index >= 15 is 0 Å². The van der Waals surface area contributed by atoms with Crippen LogP contribution in [0.2, 0.25) is 0 Å². The van der Waals surface area contributed by atoms with Crippen molar-refractivity contribution in [3.63, 3.8) is 0 Å². The van der Waals surface area contributed by atoms with Gasteiger partial charge in [-0.15, -0.1) is 0 Å². The monoisotopic (exact) mass is 362 g/mol. The minimum Gasteiger partial charge on any atom is -0.457 e. The number of benzene rings is 3. The second-order valence-electron chi connectivity index (χ2n) is 5.40. The Hall–Kier alpha value is -2.49. The first-order valence-corrected chi connectivity index (χ1v) is 7.21. The second-order valence-corrected chi connectivity index (χ2v) is 5.40. The van der Waals surface area contributed by atoms with Gasteiger partial charge < -0.3 is 9.84 Å². The van der Waals surface area contributed by atoms with Crippen LogP contribution in [0.1, 0.15) is 26.3 Å². The van der Waals surface area contributed by atoms with Crippen molar-refractivity contribution in [1.29, 1.82) is 0 Å². The Morgan fingerprint density at radius 1 is 0.833 bits per heavy atom. The smallest absolute Gasteiger partial charge is 0.234 e. The van der Waals surface area contributed by atoms with Gasteiger partial charge in [0.2, 0.25) is 11.6 Å². The molecule has 0 unspecified atom stereocenters. The Balaban J connectivity index is 0.00000169. The average molecular weight is 363 g/mol. The Morgan fingerprint density at radius 3 is 2.17 bits per heavy atom. The first-order chi connectivity index (χ1) is 11.2. The number of aliphatic hydroxyl groups is 1. The standard InChI is InChI=1S/C19H12O4.Ni/c20-10-11-4-6-12(7-5-11)23-16-9-8-15-17-13(16)2-1-3-14(17)18(21)19(15)22;/h1-9,20H,10H2;. The average Bonchev–Trinajstić information content (AvgIpc) is 2.84. The van der Waals surface area contributed by atoms with Crippen LogP contribution in [-0.4, -0.2) is 16.7 Å². The molecule has 0 atom stereocenters. The number of hydrogen-bond donors (Lipinski definition) is 1. The van der Waals surface area contributed by atoms with Crippen LogP contribution >= 0.6 is 0 Å². The Kier molecular flexibility index (Phi) is 4.23. The van der Waals surface area contributed by atoms with Crippen LogP contribution in [0.3, 0.4) is 0 Å².